The summed E-state index contributed by atoms with van der Waals surface area (Å²) in [7, 11) is 0. The molecule has 162 valence electrons. The Balaban J connectivity index is 1.61. The number of rotatable bonds is 3. The van der Waals surface area contributed by atoms with Crippen LogP contribution in [-0.2, 0) is 9.59 Å². The van der Waals surface area contributed by atoms with Crippen molar-refractivity contribution in [1.29, 1.82) is 0 Å². The highest BCUT2D eigenvalue weighted by atomic mass is 32.1. The number of nitrogen functional groups attached to an aromatic ring is 1. The smallest absolute Gasteiger partial charge is 0.313 e. The fourth-order valence-corrected chi connectivity index (χ4v) is 5.05. The van der Waals surface area contributed by atoms with E-state index in [9.17, 15) is 9.59 Å². The van der Waals surface area contributed by atoms with Crippen LogP contribution in [0.1, 0.15) is 43.9 Å². The Morgan fingerprint density at radius 1 is 1.29 bits per heavy atom. The average Bonchev–Trinajstić information content (AvgIpc) is 3.23. The topological polar surface area (TPSA) is 101 Å². The largest absolute Gasteiger partial charge is 0.383 e. The lowest BCUT2D eigenvalue weighted by atomic mass is 9.79. The molecular weight excluding hydrogens is 410 g/mol. The number of aryl methyl sites for hydroxylation is 1. The molecule has 7 nitrogen and oxygen atoms in total. The van der Waals surface area contributed by atoms with E-state index in [1.165, 1.54) is 6.20 Å². The molecule has 1 aromatic carbocycles. The van der Waals surface area contributed by atoms with Gasteiger partial charge >= 0.3 is 11.8 Å². The van der Waals surface area contributed by atoms with E-state index in [-0.39, 0.29) is 6.04 Å². The second kappa shape index (κ2) is 8.63. The van der Waals surface area contributed by atoms with Gasteiger partial charge in [-0.25, -0.2) is 9.97 Å². The third-order valence-electron chi connectivity index (χ3n) is 6.29. The lowest BCUT2D eigenvalue weighted by Crippen LogP contribution is -2.48. The summed E-state index contributed by atoms with van der Waals surface area (Å²) in [4.78, 5) is 36.3. The van der Waals surface area contributed by atoms with E-state index in [1.807, 2.05) is 24.6 Å². The van der Waals surface area contributed by atoms with Gasteiger partial charge in [-0.3, -0.25) is 9.59 Å². The van der Waals surface area contributed by atoms with E-state index in [0.717, 1.165) is 34.2 Å². The molecule has 3 aromatic rings. The van der Waals surface area contributed by atoms with Gasteiger partial charge in [0.2, 0.25) is 0 Å². The number of nitrogens with two attached hydrogens (primary N) is 1. The van der Waals surface area contributed by atoms with Gasteiger partial charge in [0.25, 0.3) is 0 Å². The van der Waals surface area contributed by atoms with E-state index in [1.54, 1.807) is 22.3 Å². The quantitative estimate of drug-likeness (QED) is 0.599. The van der Waals surface area contributed by atoms with Crippen LogP contribution in [0.25, 0.3) is 10.2 Å². The molecular formula is C23H27N5O2S. The maximum atomic E-state index is 13.2. The van der Waals surface area contributed by atoms with E-state index in [0.29, 0.717) is 29.9 Å². The number of carbonyl (C=O) groups is 2. The van der Waals surface area contributed by atoms with E-state index in [2.05, 4.69) is 35.2 Å². The van der Waals surface area contributed by atoms with Crippen LogP contribution in [0.4, 0.5) is 11.5 Å². The number of fused-ring (bicyclic) bond motifs is 1. The van der Waals surface area contributed by atoms with Gasteiger partial charge in [-0.2, -0.15) is 0 Å². The van der Waals surface area contributed by atoms with Crippen molar-refractivity contribution in [1.82, 2.24) is 14.9 Å². The minimum atomic E-state index is -0.659. The van der Waals surface area contributed by atoms with Crippen LogP contribution < -0.4 is 11.1 Å². The Hall–Kier alpha value is -3.00. The van der Waals surface area contributed by atoms with Crippen molar-refractivity contribution in [2.75, 3.05) is 17.6 Å². The monoisotopic (exact) mass is 437 g/mol. The highest BCUT2D eigenvalue weighted by molar-refractivity contribution is 7.16. The molecule has 2 amide bonds. The van der Waals surface area contributed by atoms with Crippen molar-refractivity contribution >= 4 is 44.9 Å². The molecule has 3 heterocycles. The van der Waals surface area contributed by atoms with Gasteiger partial charge in [-0.1, -0.05) is 26.3 Å². The predicted molar refractivity (Wildman–Crippen MR) is 124 cm³/mol. The lowest BCUT2D eigenvalue weighted by Gasteiger charge is -2.43. The van der Waals surface area contributed by atoms with Crippen molar-refractivity contribution in [3.8, 4) is 0 Å². The second-order valence-electron chi connectivity index (χ2n) is 8.31. The molecule has 31 heavy (non-hydrogen) atoms. The number of hydrogen-bond donors (Lipinski definition) is 2. The fraction of sp³-hybridized carbons (Fsp3) is 0.391. The summed E-state index contributed by atoms with van der Waals surface area (Å²) in [6.45, 7) is 6.69. The van der Waals surface area contributed by atoms with Gasteiger partial charge in [0.15, 0.2) is 0 Å². The maximum absolute atomic E-state index is 13.2. The number of pyridine rings is 1. The van der Waals surface area contributed by atoms with Gasteiger partial charge in [-0.05, 0) is 54.5 Å². The first-order valence-electron chi connectivity index (χ1n) is 10.5. The van der Waals surface area contributed by atoms with Gasteiger partial charge in [0.05, 0.1) is 33.7 Å². The maximum Gasteiger partial charge on any atom is 0.313 e. The highest BCUT2D eigenvalue weighted by Gasteiger charge is 2.38. The SMILES string of the molecule is CC[C@H]1C[C@H](c2ccc3scnc3c2)N(C(=O)C(=O)Nc2cnc(N)c(C)c2)C[C@H]1C. The summed E-state index contributed by atoms with van der Waals surface area (Å²) < 4.78 is 1.11. The summed E-state index contributed by atoms with van der Waals surface area (Å²) in [5, 5.41) is 2.69. The first-order valence-corrected chi connectivity index (χ1v) is 11.4. The van der Waals surface area contributed by atoms with Crippen molar-refractivity contribution in [2.45, 2.75) is 39.7 Å². The lowest BCUT2D eigenvalue weighted by molar-refractivity contribution is -0.147. The minimum Gasteiger partial charge on any atom is -0.383 e. The summed E-state index contributed by atoms with van der Waals surface area (Å²) in [6, 6.07) is 7.71. The number of aromatic nitrogens is 2. The number of thiazole rings is 1. The third kappa shape index (κ3) is 4.25. The molecule has 8 heteroatoms. The third-order valence-corrected chi connectivity index (χ3v) is 7.10. The van der Waals surface area contributed by atoms with Gasteiger partial charge in [0.1, 0.15) is 5.82 Å². The van der Waals surface area contributed by atoms with Gasteiger partial charge in [0, 0.05) is 6.54 Å². The number of piperidine rings is 1. The van der Waals surface area contributed by atoms with Crippen molar-refractivity contribution in [2.24, 2.45) is 11.8 Å². The van der Waals surface area contributed by atoms with Crippen molar-refractivity contribution < 1.29 is 9.59 Å². The molecule has 0 radical (unpaired) electrons. The van der Waals surface area contributed by atoms with Crippen molar-refractivity contribution in [3.63, 3.8) is 0 Å². The van der Waals surface area contributed by atoms with Crippen LogP contribution in [0.5, 0.6) is 0 Å². The fourth-order valence-electron chi connectivity index (χ4n) is 4.39. The molecule has 2 aromatic heterocycles. The number of benzene rings is 1. The first-order chi connectivity index (χ1) is 14.9. The normalized spacial score (nSPS) is 21.3. The molecule has 0 spiro atoms. The molecule has 1 fully saturated rings. The Morgan fingerprint density at radius 3 is 2.84 bits per heavy atom. The predicted octanol–water partition coefficient (Wildman–Crippen LogP) is 4.16. The van der Waals surface area contributed by atoms with Crippen molar-refractivity contribution in [3.05, 3.63) is 47.1 Å². The number of amides is 2. The van der Waals surface area contributed by atoms with Crippen LogP contribution >= 0.6 is 11.3 Å². The zero-order valence-electron chi connectivity index (χ0n) is 18.0. The Morgan fingerprint density at radius 2 is 2.10 bits per heavy atom. The summed E-state index contributed by atoms with van der Waals surface area (Å²) >= 11 is 1.59. The van der Waals surface area contributed by atoms with Gasteiger partial charge in [-0.15, -0.1) is 11.3 Å². The van der Waals surface area contributed by atoms with Gasteiger partial charge < -0.3 is 16.0 Å². The van der Waals surface area contributed by atoms with Crippen LogP contribution in [0.15, 0.2) is 36.0 Å². The molecule has 0 unspecified atom stereocenters. The second-order valence-corrected chi connectivity index (χ2v) is 9.20. The van der Waals surface area contributed by atoms with Crippen LogP contribution in [0.2, 0.25) is 0 Å². The number of hydrogen-bond acceptors (Lipinski definition) is 6. The summed E-state index contributed by atoms with van der Waals surface area (Å²) in [6.07, 6.45) is 3.34. The van der Waals surface area contributed by atoms with Crippen LogP contribution in [0, 0.1) is 18.8 Å². The van der Waals surface area contributed by atoms with Crippen LogP contribution in [-0.4, -0.2) is 33.2 Å². The first kappa shape index (κ1) is 21.2. The van der Waals surface area contributed by atoms with E-state index in [4.69, 9.17) is 5.73 Å². The Bertz CT molecular complexity index is 1130. The van der Waals surface area contributed by atoms with E-state index < -0.39 is 11.8 Å². The van der Waals surface area contributed by atoms with E-state index >= 15 is 0 Å². The average molecular weight is 438 g/mol. The number of carbonyl (C=O) groups excluding carboxylic acids is 2. The summed E-state index contributed by atoms with van der Waals surface area (Å²) in [5.41, 5.74) is 10.7. The highest BCUT2D eigenvalue weighted by Crippen LogP contribution is 2.39. The molecule has 3 atom stereocenters. The number of nitrogens with zero attached hydrogens (tertiary/aromatic N) is 3. The standard InChI is InChI=1S/C23H27N5O2S/c1-4-15-9-19(16-5-6-20-18(8-16)26-12-31-20)28(11-14(15)3)23(30)22(29)27-17-7-13(2)21(24)25-10-17/h5-8,10,12,14-15,19H,4,9,11H2,1-3H3,(H2,24,25)(H,27,29)/t14-,15+,19-/m1/s1. The number of anilines is 2. The minimum absolute atomic E-state index is 0.156. The Kier molecular flexibility index (Phi) is 5.91. The number of likely N-dealkylation sites (tertiary alicyclic amines) is 1. The molecule has 1 saturated heterocycles. The molecule has 4 rings (SSSR count). The summed E-state index contributed by atoms with van der Waals surface area (Å²) in [5.74, 6) is 0.0259. The molecule has 0 saturated carbocycles. The molecule has 0 aliphatic carbocycles. The zero-order chi connectivity index (χ0) is 22.1. The molecule has 1 aliphatic rings. The van der Waals surface area contributed by atoms with Crippen LogP contribution in [0.3, 0.4) is 0 Å². The Labute approximate surface area is 185 Å². The molecule has 1 aliphatic heterocycles. The zero-order valence-corrected chi connectivity index (χ0v) is 18.8. The number of nitrogens with one attached hydrogen (secondary N) is 1. The molecule has 3 N–H and O–H groups in total. The molecule has 0 bridgehead atoms.